The van der Waals surface area contributed by atoms with E-state index in [-0.39, 0.29) is 24.0 Å². The van der Waals surface area contributed by atoms with Crippen molar-refractivity contribution < 1.29 is 4.74 Å². The fraction of sp³-hybridized carbons (Fsp3) is 0.200. The molecule has 4 atom stereocenters. The molecule has 1 fully saturated rings. The molecule has 5 rings (SSSR count). The normalized spacial score (nSPS) is 25.4. The largest absolute Gasteiger partial charge is 0.364 e. The highest BCUT2D eigenvalue weighted by Gasteiger charge is 2.52. The average molecular weight is 336 g/mol. The molecule has 0 aromatic heterocycles. The summed E-state index contributed by atoms with van der Waals surface area (Å²) in [5, 5.41) is 0. The van der Waals surface area contributed by atoms with E-state index in [2.05, 4.69) is 79.4 Å². The monoisotopic (exact) mass is 336 g/mol. The standard InChI is InChI=1S/C25H20O/c1-17-8-7-11-19(16-17)23-22(15-14-18-9-3-2-4-10-18)24-20-12-5-6-13-21(20)25(23)26-24/h2-13,16,22-25H,1H3/t22-,23+,24+,25-/m1/s1. The molecule has 0 N–H and O–H groups in total. The lowest BCUT2D eigenvalue weighted by atomic mass is 9.73. The Hall–Kier alpha value is -2.82. The predicted octanol–water partition coefficient (Wildman–Crippen LogP) is 5.57. The van der Waals surface area contributed by atoms with E-state index < -0.39 is 0 Å². The maximum atomic E-state index is 6.45. The van der Waals surface area contributed by atoms with Crippen molar-refractivity contribution in [2.75, 3.05) is 0 Å². The van der Waals surface area contributed by atoms with Crippen LogP contribution < -0.4 is 0 Å². The smallest absolute Gasteiger partial charge is 0.0981 e. The molecular formula is C25H20O. The van der Waals surface area contributed by atoms with Gasteiger partial charge < -0.3 is 4.74 Å². The quantitative estimate of drug-likeness (QED) is 0.528. The number of hydrogen-bond acceptors (Lipinski definition) is 1. The molecule has 2 aliphatic rings. The van der Waals surface area contributed by atoms with Crippen molar-refractivity contribution in [3.63, 3.8) is 0 Å². The predicted molar refractivity (Wildman–Crippen MR) is 104 cm³/mol. The molecule has 0 amide bonds. The minimum Gasteiger partial charge on any atom is -0.364 e. The van der Waals surface area contributed by atoms with Gasteiger partial charge in [0.2, 0.25) is 0 Å². The Balaban J connectivity index is 1.60. The number of aryl methyl sites for hydroxylation is 1. The second-order valence-electron chi connectivity index (χ2n) is 7.21. The van der Waals surface area contributed by atoms with Crippen LogP contribution in [0, 0.1) is 24.7 Å². The molecule has 1 nitrogen and oxygen atoms in total. The molecule has 1 heteroatoms. The van der Waals surface area contributed by atoms with Crippen molar-refractivity contribution in [3.05, 3.63) is 107 Å². The van der Waals surface area contributed by atoms with Crippen molar-refractivity contribution >= 4 is 0 Å². The van der Waals surface area contributed by atoms with Crippen molar-refractivity contribution in [1.29, 1.82) is 0 Å². The van der Waals surface area contributed by atoms with Gasteiger partial charge in [-0.1, -0.05) is 84.1 Å². The van der Waals surface area contributed by atoms with E-state index in [1.165, 1.54) is 22.3 Å². The summed E-state index contributed by atoms with van der Waals surface area (Å²) in [7, 11) is 0. The molecular weight excluding hydrogens is 316 g/mol. The van der Waals surface area contributed by atoms with Crippen LogP contribution in [0.15, 0.2) is 78.9 Å². The van der Waals surface area contributed by atoms with Gasteiger partial charge in [-0.15, -0.1) is 0 Å². The molecule has 126 valence electrons. The van der Waals surface area contributed by atoms with E-state index in [4.69, 9.17) is 4.74 Å². The third-order valence-corrected chi connectivity index (χ3v) is 5.53. The van der Waals surface area contributed by atoms with E-state index >= 15 is 0 Å². The molecule has 0 unspecified atom stereocenters. The van der Waals surface area contributed by atoms with Gasteiger partial charge in [-0.3, -0.25) is 0 Å². The summed E-state index contributed by atoms with van der Waals surface area (Å²) in [6.45, 7) is 2.15. The first-order valence-corrected chi connectivity index (χ1v) is 9.19. The van der Waals surface area contributed by atoms with Crippen LogP contribution in [0.2, 0.25) is 0 Å². The van der Waals surface area contributed by atoms with Crippen LogP contribution in [0.1, 0.15) is 45.9 Å². The van der Waals surface area contributed by atoms with Gasteiger partial charge in [0, 0.05) is 11.5 Å². The Morgan fingerprint density at radius 3 is 2.27 bits per heavy atom. The van der Waals surface area contributed by atoms with Crippen molar-refractivity contribution in [1.82, 2.24) is 0 Å². The number of hydrogen-bond donors (Lipinski definition) is 0. The molecule has 0 spiro atoms. The average Bonchev–Trinajstić information content (AvgIpc) is 3.24. The molecule has 0 aliphatic carbocycles. The van der Waals surface area contributed by atoms with Crippen LogP contribution in [0.5, 0.6) is 0 Å². The lowest BCUT2D eigenvalue weighted by Crippen LogP contribution is -2.19. The van der Waals surface area contributed by atoms with Crippen LogP contribution in [-0.2, 0) is 4.74 Å². The molecule has 2 aliphatic heterocycles. The SMILES string of the molecule is Cc1cccc([C@H]2[C@@H](C#Cc3ccccc3)[C@H]3O[C@@H]2c2ccccc23)c1. The first kappa shape index (κ1) is 15.4. The van der Waals surface area contributed by atoms with E-state index in [1.54, 1.807) is 0 Å². The first-order valence-electron chi connectivity index (χ1n) is 9.19. The van der Waals surface area contributed by atoms with Gasteiger partial charge in [0.1, 0.15) is 0 Å². The summed E-state index contributed by atoms with van der Waals surface area (Å²) in [5.74, 6) is 7.41. The summed E-state index contributed by atoms with van der Waals surface area (Å²) < 4.78 is 6.45. The number of ether oxygens (including phenoxy) is 1. The highest BCUT2D eigenvalue weighted by Crippen LogP contribution is 2.60. The van der Waals surface area contributed by atoms with Crippen molar-refractivity contribution in [2.24, 2.45) is 5.92 Å². The number of benzene rings is 3. The Labute approximate surface area is 154 Å². The third-order valence-electron chi connectivity index (χ3n) is 5.53. The summed E-state index contributed by atoms with van der Waals surface area (Å²) in [5.41, 5.74) is 6.33. The Kier molecular flexibility index (Phi) is 3.66. The van der Waals surface area contributed by atoms with E-state index in [0.717, 1.165) is 5.56 Å². The zero-order valence-electron chi connectivity index (χ0n) is 14.7. The molecule has 0 radical (unpaired) electrons. The molecule has 1 saturated heterocycles. The van der Waals surface area contributed by atoms with Gasteiger partial charge in [-0.25, -0.2) is 0 Å². The summed E-state index contributed by atoms with van der Waals surface area (Å²) in [6, 6.07) is 27.7. The summed E-state index contributed by atoms with van der Waals surface area (Å²) >= 11 is 0. The van der Waals surface area contributed by atoms with Crippen LogP contribution in [0.3, 0.4) is 0 Å². The fourth-order valence-corrected chi connectivity index (χ4v) is 4.38. The first-order chi connectivity index (χ1) is 12.8. The van der Waals surface area contributed by atoms with Crippen LogP contribution >= 0.6 is 0 Å². The topological polar surface area (TPSA) is 9.23 Å². The van der Waals surface area contributed by atoms with E-state index in [1.807, 2.05) is 18.2 Å². The minimum absolute atomic E-state index is 0.0675. The van der Waals surface area contributed by atoms with Crippen molar-refractivity contribution in [3.8, 4) is 11.8 Å². The number of fused-ring (bicyclic) bond motifs is 5. The Morgan fingerprint density at radius 2 is 1.50 bits per heavy atom. The zero-order chi connectivity index (χ0) is 17.5. The van der Waals surface area contributed by atoms with Gasteiger partial charge in [0.15, 0.2) is 0 Å². The van der Waals surface area contributed by atoms with Crippen LogP contribution in [-0.4, -0.2) is 0 Å². The van der Waals surface area contributed by atoms with Gasteiger partial charge in [0.25, 0.3) is 0 Å². The fourth-order valence-electron chi connectivity index (χ4n) is 4.38. The second-order valence-corrected chi connectivity index (χ2v) is 7.21. The van der Waals surface area contributed by atoms with Crippen LogP contribution in [0.4, 0.5) is 0 Å². The third kappa shape index (κ3) is 2.46. The van der Waals surface area contributed by atoms with Gasteiger partial charge in [0.05, 0.1) is 18.1 Å². The Bertz CT molecular complexity index is 1010. The lowest BCUT2D eigenvalue weighted by Gasteiger charge is -2.27. The maximum absolute atomic E-state index is 6.45. The Morgan fingerprint density at radius 1 is 0.769 bits per heavy atom. The molecule has 26 heavy (non-hydrogen) atoms. The minimum atomic E-state index is 0.0675. The molecule has 2 bridgehead atoms. The molecule has 0 saturated carbocycles. The zero-order valence-corrected chi connectivity index (χ0v) is 14.7. The molecule has 2 heterocycles. The second kappa shape index (κ2) is 6.16. The molecule has 3 aromatic rings. The molecule has 3 aromatic carbocycles. The van der Waals surface area contributed by atoms with E-state index in [0.29, 0.717) is 0 Å². The maximum Gasteiger partial charge on any atom is 0.0981 e. The van der Waals surface area contributed by atoms with Gasteiger partial charge in [-0.05, 0) is 35.7 Å². The van der Waals surface area contributed by atoms with E-state index in [9.17, 15) is 0 Å². The highest BCUT2D eigenvalue weighted by molar-refractivity contribution is 5.47. The highest BCUT2D eigenvalue weighted by atomic mass is 16.5. The number of rotatable bonds is 1. The summed E-state index contributed by atoms with van der Waals surface area (Å²) in [4.78, 5) is 0. The van der Waals surface area contributed by atoms with Crippen LogP contribution in [0.25, 0.3) is 0 Å². The lowest BCUT2D eigenvalue weighted by molar-refractivity contribution is 0.0627. The van der Waals surface area contributed by atoms with Gasteiger partial charge >= 0.3 is 0 Å². The van der Waals surface area contributed by atoms with Crippen molar-refractivity contribution in [2.45, 2.75) is 25.0 Å². The summed E-state index contributed by atoms with van der Waals surface area (Å²) in [6.07, 6.45) is 0.172. The van der Waals surface area contributed by atoms with Gasteiger partial charge in [-0.2, -0.15) is 0 Å².